The van der Waals surface area contributed by atoms with Gasteiger partial charge in [-0.1, -0.05) is 38.1 Å². The van der Waals surface area contributed by atoms with Crippen LogP contribution in [0.2, 0.25) is 0 Å². The van der Waals surface area contributed by atoms with E-state index in [2.05, 4.69) is 15.1 Å². The first kappa shape index (κ1) is 25.9. The molecule has 184 valence electrons. The van der Waals surface area contributed by atoms with Gasteiger partial charge >= 0.3 is 0 Å². The van der Waals surface area contributed by atoms with Gasteiger partial charge in [0.2, 0.25) is 0 Å². The number of halogens is 1. The second-order valence-electron chi connectivity index (χ2n) is 8.10. The predicted molar refractivity (Wildman–Crippen MR) is 142 cm³/mol. The first-order valence-corrected chi connectivity index (χ1v) is 12.0. The number of hydrazone groups is 1. The first-order chi connectivity index (χ1) is 17.0. The van der Waals surface area contributed by atoms with Crippen LogP contribution in [0.15, 0.2) is 71.2 Å². The van der Waals surface area contributed by atoms with E-state index in [1.165, 1.54) is 12.1 Å². The molecule has 4 rings (SSSR count). The van der Waals surface area contributed by atoms with Crippen LogP contribution < -0.4 is 4.74 Å². The molecule has 3 aromatic rings. The van der Waals surface area contributed by atoms with Crippen molar-refractivity contribution in [1.29, 1.82) is 0 Å². The molecule has 0 fully saturated rings. The fourth-order valence-corrected chi connectivity index (χ4v) is 3.81. The topological polar surface area (TPSA) is 55.0 Å². The molecule has 0 aliphatic carbocycles. The summed E-state index contributed by atoms with van der Waals surface area (Å²) in [5.74, 6) is 1.25. The molecule has 0 N–H and O–H groups in total. The number of aromatic nitrogens is 2. The van der Waals surface area contributed by atoms with Crippen LogP contribution in [0.4, 0.5) is 4.39 Å². The third kappa shape index (κ3) is 7.12. The normalized spacial score (nSPS) is 17.6. The third-order valence-corrected chi connectivity index (χ3v) is 5.57. The lowest BCUT2D eigenvalue weighted by Gasteiger charge is -2.14. The highest BCUT2D eigenvalue weighted by atomic mass is 19.1. The van der Waals surface area contributed by atoms with Crippen molar-refractivity contribution in [1.82, 2.24) is 14.6 Å². The Morgan fingerprint density at radius 2 is 1.86 bits per heavy atom. The second-order valence-corrected chi connectivity index (χ2v) is 8.10. The van der Waals surface area contributed by atoms with Crippen LogP contribution in [0.5, 0.6) is 5.75 Å². The van der Waals surface area contributed by atoms with Gasteiger partial charge < -0.3 is 9.30 Å². The molecule has 1 atom stereocenters. The molecule has 0 radical (unpaired) electrons. The van der Waals surface area contributed by atoms with Crippen molar-refractivity contribution in [2.45, 2.75) is 39.5 Å². The highest BCUT2D eigenvalue weighted by Crippen LogP contribution is 2.25. The number of nitrogens with zero attached hydrogens (tertiary/aromatic N) is 5. The summed E-state index contributed by atoms with van der Waals surface area (Å²) >= 11 is 0. The van der Waals surface area contributed by atoms with Crippen molar-refractivity contribution in [2.75, 3.05) is 20.7 Å². The molecule has 6 nitrogen and oxygen atoms in total. The smallest absolute Gasteiger partial charge is 0.171 e. The van der Waals surface area contributed by atoms with Crippen molar-refractivity contribution in [3.8, 4) is 11.4 Å². The van der Waals surface area contributed by atoms with Crippen LogP contribution in [0, 0.1) is 12.7 Å². The lowest BCUT2D eigenvalue weighted by Crippen LogP contribution is -2.14. The third-order valence-electron chi connectivity index (χ3n) is 5.57. The second kappa shape index (κ2) is 12.6. The van der Waals surface area contributed by atoms with Gasteiger partial charge in [-0.25, -0.2) is 14.4 Å². The largest absolute Gasteiger partial charge is 0.495 e. The maximum atomic E-state index is 13.3. The Morgan fingerprint density at radius 1 is 1.09 bits per heavy atom. The van der Waals surface area contributed by atoms with Gasteiger partial charge in [-0.3, -0.25) is 5.01 Å². The average Bonchev–Trinajstić information content (AvgIpc) is 3.34. The zero-order chi connectivity index (χ0) is 25.2. The Bertz CT molecular complexity index is 1180. The quantitative estimate of drug-likeness (QED) is 0.438. The van der Waals surface area contributed by atoms with Gasteiger partial charge in [0, 0.05) is 31.9 Å². The van der Waals surface area contributed by atoms with Crippen LogP contribution in [0.25, 0.3) is 11.8 Å². The lowest BCUT2D eigenvalue weighted by atomic mass is 9.95. The molecular weight excluding hydrogens is 441 g/mol. The van der Waals surface area contributed by atoms with Gasteiger partial charge in [0.1, 0.15) is 11.6 Å². The number of benzene rings is 2. The maximum absolute atomic E-state index is 13.3. The number of hydrogen-bond acceptors (Lipinski definition) is 5. The van der Waals surface area contributed by atoms with Gasteiger partial charge in [0.25, 0.3) is 0 Å². The molecular formula is C28H34FN5O. The van der Waals surface area contributed by atoms with Gasteiger partial charge in [-0.15, -0.1) is 0 Å². The van der Waals surface area contributed by atoms with E-state index in [9.17, 15) is 4.39 Å². The summed E-state index contributed by atoms with van der Waals surface area (Å²) in [5.41, 5.74) is 3.90. The lowest BCUT2D eigenvalue weighted by molar-refractivity contribution is 0.344. The minimum Gasteiger partial charge on any atom is -0.495 e. The highest BCUT2D eigenvalue weighted by Gasteiger charge is 2.12. The number of aliphatic imine (C=N–C) groups is 1. The fraction of sp³-hybridized carbons (Fsp3) is 0.321. The van der Waals surface area contributed by atoms with E-state index in [1.54, 1.807) is 13.4 Å². The van der Waals surface area contributed by atoms with E-state index in [4.69, 9.17) is 4.74 Å². The number of ether oxygens (including phenoxy) is 1. The Balaban J connectivity index is 0.00000167. The van der Waals surface area contributed by atoms with Crippen molar-refractivity contribution in [3.05, 3.63) is 83.7 Å². The minimum atomic E-state index is -0.228. The number of rotatable bonds is 5. The van der Waals surface area contributed by atoms with E-state index in [0.29, 0.717) is 5.84 Å². The van der Waals surface area contributed by atoms with E-state index in [1.807, 2.05) is 92.3 Å². The Hall–Kier alpha value is -3.74. The molecule has 2 aromatic carbocycles. The summed E-state index contributed by atoms with van der Waals surface area (Å²) < 4.78 is 20.9. The molecule has 1 aliphatic heterocycles. The molecule has 0 spiro atoms. The molecule has 1 unspecified atom stereocenters. The van der Waals surface area contributed by atoms with Crippen LogP contribution in [-0.2, 0) is 0 Å². The maximum Gasteiger partial charge on any atom is 0.171 e. The van der Waals surface area contributed by atoms with Gasteiger partial charge in [0.15, 0.2) is 5.84 Å². The summed E-state index contributed by atoms with van der Waals surface area (Å²) in [6, 6.07) is 12.7. The predicted octanol–water partition coefficient (Wildman–Crippen LogP) is 6.26. The molecule has 0 bridgehead atoms. The van der Waals surface area contributed by atoms with Crippen LogP contribution in [0.3, 0.4) is 0 Å². The Morgan fingerprint density at radius 3 is 2.54 bits per heavy atom. The summed E-state index contributed by atoms with van der Waals surface area (Å²) in [6.07, 6.45) is 11.4. The summed E-state index contributed by atoms with van der Waals surface area (Å²) in [7, 11) is 3.61. The standard InChI is InChI=1S/C26H28FN5O.C2H6/c1-19-17-32(18-29-19)24-12-6-20(15-25(24)33-3)7-13-26-28-16-22(5-4-14-31(2)30-26)21-8-10-23(27)11-9-21;1-2/h6-13,15-18,22H,4-5,14H2,1-3H3;1-2H3/b13-7+,28-16?,30-26-;. The first-order valence-electron chi connectivity index (χ1n) is 12.0. The highest BCUT2D eigenvalue weighted by molar-refractivity contribution is 6.01. The van der Waals surface area contributed by atoms with Gasteiger partial charge in [0.05, 0.1) is 24.8 Å². The molecule has 1 aromatic heterocycles. The molecule has 35 heavy (non-hydrogen) atoms. The van der Waals surface area contributed by atoms with Crippen LogP contribution in [-0.4, -0.2) is 47.3 Å². The van der Waals surface area contributed by atoms with Crippen molar-refractivity contribution >= 4 is 18.1 Å². The van der Waals surface area contributed by atoms with Crippen molar-refractivity contribution in [3.63, 3.8) is 0 Å². The summed E-state index contributed by atoms with van der Waals surface area (Å²) in [6.45, 7) is 6.78. The van der Waals surface area contributed by atoms with Crippen molar-refractivity contribution < 1.29 is 9.13 Å². The number of hydrogen-bond donors (Lipinski definition) is 0. The number of methoxy groups -OCH3 is 1. The van der Waals surface area contributed by atoms with Gasteiger partial charge in [-0.05, 0) is 61.2 Å². The van der Waals surface area contributed by atoms with E-state index in [-0.39, 0.29) is 11.7 Å². The zero-order valence-electron chi connectivity index (χ0n) is 21.1. The Kier molecular flexibility index (Phi) is 9.35. The van der Waals surface area contributed by atoms with E-state index in [0.717, 1.165) is 47.6 Å². The molecule has 0 saturated carbocycles. The fourth-order valence-electron chi connectivity index (χ4n) is 3.81. The van der Waals surface area contributed by atoms with Crippen LogP contribution >= 0.6 is 0 Å². The van der Waals surface area contributed by atoms with Crippen LogP contribution in [0.1, 0.15) is 49.4 Å². The summed E-state index contributed by atoms with van der Waals surface area (Å²) in [5, 5.41) is 6.54. The summed E-state index contributed by atoms with van der Waals surface area (Å²) in [4.78, 5) is 8.95. The Labute approximate surface area is 207 Å². The molecule has 7 heteroatoms. The van der Waals surface area contributed by atoms with Crippen molar-refractivity contribution in [2.24, 2.45) is 10.1 Å². The SMILES string of the molecule is CC.COc1cc(/C=C/C2=N/N(C)CCCC(c3ccc(F)cc3)C=N2)ccc1-n1cnc(C)c1. The minimum absolute atomic E-state index is 0.119. The van der Waals surface area contributed by atoms with E-state index < -0.39 is 0 Å². The number of amidine groups is 1. The molecule has 0 amide bonds. The zero-order valence-corrected chi connectivity index (χ0v) is 21.1. The number of aryl methyl sites for hydroxylation is 1. The average molecular weight is 476 g/mol. The number of imidazole rings is 1. The monoisotopic (exact) mass is 475 g/mol. The van der Waals surface area contributed by atoms with E-state index >= 15 is 0 Å². The van der Waals surface area contributed by atoms with Gasteiger partial charge in [-0.2, -0.15) is 5.10 Å². The molecule has 0 saturated heterocycles. The molecule has 1 aliphatic rings. The molecule has 2 heterocycles.